The number of benzene rings is 1. The zero-order chi connectivity index (χ0) is 14.9. The number of nitrogens with zero attached hydrogens (tertiary/aromatic N) is 1. The number of aromatic nitrogens is 1. The molecular weight excluding hydrogens is 292 g/mol. The number of pyridine rings is 1. The van der Waals surface area contributed by atoms with Gasteiger partial charge in [-0.25, -0.2) is 13.4 Å². The van der Waals surface area contributed by atoms with Crippen molar-refractivity contribution in [2.45, 2.75) is 11.8 Å². The molecule has 0 saturated carbocycles. The van der Waals surface area contributed by atoms with Crippen LogP contribution >= 0.6 is 0 Å². The maximum atomic E-state index is 12.4. The Bertz CT molecular complexity index is 774. The Morgan fingerprint density at radius 3 is 2.67 bits per heavy atom. The van der Waals surface area contributed by atoms with Crippen LogP contribution in [0.4, 0.5) is 5.82 Å². The minimum atomic E-state index is -3.72. The quantitative estimate of drug-likeness (QED) is 0.938. The minimum absolute atomic E-state index is 0.108. The van der Waals surface area contributed by atoms with E-state index in [1.54, 1.807) is 25.1 Å². The molecule has 21 heavy (non-hydrogen) atoms. The van der Waals surface area contributed by atoms with Crippen LogP contribution in [0.15, 0.2) is 41.4 Å². The lowest BCUT2D eigenvalue weighted by Gasteiger charge is -2.19. The molecule has 2 heterocycles. The first-order chi connectivity index (χ1) is 10.1. The first-order valence-electron chi connectivity index (χ1n) is 6.40. The molecule has 3 rings (SSSR count). The summed E-state index contributed by atoms with van der Waals surface area (Å²) in [7, 11) is -3.72. The molecule has 0 bridgehead atoms. The summed E-state index contributed by atoms with van der Waals surface area (Å²) in [5, 5.41) is 0. The highest BCUT2D eigenvalue weighted by Gasteiger charge is 2.20. The molecule has 0 atom stereocenters. The Balaban J connectivity index is 1.93. The van der Waals surface area contributed by atoms with Gasteiger partial charge >= 0.3 is 0 Å². The van der Waals surface area contributed by atoms with Crippen LogP contribution in [0, 0.1) is 6.92 Å². The summed E-state index contributed by atoms with van der Waals surface area (Å²) in [6.45, 7) is 2.66. The van der Waals surface area contributed by atoms with Gasteiger partial charge in [0.05, 0.1) is 4.90 Å². The normalized spacial score (nSPS) is 13.8. The summed E-state index contributed by atoms with van der Waals surface area (Å²) in [6, 6.07) is 8.06. The Labute approximate surface area is 122 Å². The molecule has 1 aliphatic heterocycles. The van der Waals surface area contributed by atoms with Crippen molar-refractivity contribution in [1.29, 1.82) is 0 Å². The van der Waals surface area contributed by atoms with Gasteiger partial charge in [-0.2, -0.15) is 0 Å². The van der Waals surface area contributed by atoms with Gasteiger partial charge in [0.15, 0.2) is 11.5 Å². The molecule has 0 saturated heterocycles. The number of anilines is 1. The fourth-order valence-electron chi connectivity index (χ4n) is 1.97. The van der Waals surface area contributed by atoms with E-state index in [0.29, 0.717) is 30.5 Å². The van der Waals surface area contributed by atoms with Crippen molar-refractivity contribution in [3.05, 3.63) is 42.1 Å². The molecule has 1 N–H and O–H groups in total. The number of sulfonamides is 1. The summed E-state index contributed by atoms with van der Waals surface area (Å²) in [6.07, 6.45) is 1.54. The highest BCUT2D eigenvalue weighted by atomic mass is 32.2. The van der Waals surface area contributed by atoms with E-state index in [1.807, 2.05) is 0 Å². The summed E-state index contributed by atoms with van der Waals surface area (Å²) < 4.78 is 38.0. The van der Waals surface area contributed by atoms with Gasteiger partial charge < -0.3 is 9.47 Å². The molecule has 0 unspecified atom stereocenters. The van der Waals surface area contributed by atoms with Gasteiger partial charge in [-0.1, -0.05) is 6.07 Å². The molecule has 1 aliphatic rings. The number of fused-ring (bicyclic) bond motifs is 1. The predicted octanol–water partition coefficient (Wildman–Crippen LogP) is 1.96. The largest absolute Gasteiger partial charge is 0.486 e. The maximum absolute atomic E-state index is 12.4. The predicted molar refractivity (Wildman–Crippen MR) is 77.2 cm³/mol. The number of rotatable bonds is 3. The van der Waals surface area contributed by atoms with Gasteiger partial charge in [-0.05, 0) is 30.7 Å². The molecule has 110 valence electrons. The third-order valence-corrected chi connectivity index (χ3v) is 4.40. The van der Waals surface area contributed by atoms with E-state index < -0.39 is 10.0 Å². The van der Waals surface area contributed by atoms with E-state index in [9.17, 15) is 8.42 Å². The average molecular weight is 306 g/mol. The molecular formula is C14H14N2O4S. The van der Waals surface area contributed by atoms with E-state index in [1.165, 1.54) is 18.3 Å². The van der Waals surface area contributed by atoms with Gasteiger partial charge in [0, 0.05) is 12.3 Å². The van der Waals surface area contributed by atoms with Crippen LogP contribution in [0.25, 0.3) is 0 Å². The highest BCUT2D eigenvalue weighted by Crippen LogP contribution is 2.32. The van der Waals surface area contributed by atoms with Gasteiger partial charge in [0.25, 0.3) is 10.0 Å². The molecule has 0 radical (unpaired) electrons. The highest BCUT2D eigenvalue weighted by molar-refractivity contribution is 7.92. The van der Waals surface area contributed by atoms with Crippen molar-refractivity contribution in [1.82, 2.24) is 4.98 Å². The minimum Gasteiger partial charge on any atom is -0.486 e. The number of hydrogen-bond acceptors (Lipinski definition) is 5. The molecule has 0 fully saturated rings. The van der Waals surface area contributed by atoms with Crippen molar-refractivity contribution in [2.24, 2.45) is 0 Å². The van der Waals surface area contributed by atoms with Crippen LogP contribution in [0.1, 0.15) is 5.56 Å². The number of aryl methyl sites for hydroxylation is 1. The van der Waals surface area contributed by atoms with Gasteiger partial charge in [0.2, 0.25) is 0 Å². The molecule has 7 heteroatoms. The summed E-state index contributed by atoms with van der Waals surface area (Å²) in [4.78, 5) is 4.14. The van der Waals surface area contributed by atoms with Crippen molar-refractivity contribution in [3.63, 3.8) is 0 Å². The van der Waals surface area contributed by atoms with Crippen molar-refractivity contribution >= 4 is 15.8 Å². The monoisotopic (exact) mass is 306 g/mol. The SMILES string of the molecule is Cc1cccnc1NS(=O)(=O)c1ccc2c(c1)OCCO2. The van der Waals surface area contributed by atoms with E-state index in [0.717, 1.165) is 5.56 Å². The Morgan fingerprint density at radius 1 is 1.14 bits per heavy atom. The Kier molecular flexibility index (Phi) is 3.42. The smallest absolute Gasteiger partial charge is 0.263 e. The van der Waals surface area contributed by atoms with Gasteiger partial charge in [-0.3, -0.25) is 4.72 Å². The lowest BCUT2D eigenvalue weighted by atomic mass is 10.3. The first kappa shape index (κ1) is 13.7. The fraction of sp³-hybridized carbons (Fsp3) is 0.214. The summed E-state index contributed by atoms with van der Waals surface area (Å²) in [5.74, 6) is 1.29. The van der Waals surface area contributed by atoms with Crippen LogP contribution < -0.4 is 14.2 Å². The number of nitrogens with one attached hydrogen (secondary N) is 1. The summed E-state index contributed by atoms with van der Waals surface area (Å²) >= 11 is 0. The van der Waals surface area contributed by atoms with E-state index in [-0.39, 0.29) is 4.90 Å². The molecule has 1 aromatic heterocycles. The number of hydrogen-bond donors (Lipinski definition) is 1. The molecule has 0 aliphatic carbocycles. The van der Waals surface area contributed by atoms with Crippen LogP contribution in [0.3, 0.4) is 0 Å². The molecule has 1 aromatic carbocycles. The maximum Gasteiger partial charge on any atom is 0.263 e. The second-order valence-electron chi connectivity index (χ2n) is 4.58. The van der Waals surface area contributed by atoms with Crippen molar-refractivity contribution in [3.8, 4) is 11.5 Å². The van der Waals surface area contributed by atoms with Crippen LogP contribution in [-0.4, -0.2) is 26.6 Å². The zero-order valence-electron chi connectivity index (χ0n) is 11.4. The Morgan fingerprint density at radius 2 is 1.90 bits per heavy atom. The molecule has 0 spiro atoms. The number of ether oxygens (including phenoxy) is 2. The topological polar surface area (TPSA) is 77.5 Å². The second kappa shape index (κ2) is 5.25. The lowest BCUT2D eigenvalue weighted by Crippen LogP contribution is -2.18. The van der Waals surface area contributed by atoms with Crippen LogP contribution in [0.5, 0.6) is 11.5 Å². The standard InChI is InChI=1S/C14H14N2O4S/c1-10-3-2-6-15-14(10)16-21(17,18)11-4-5-12-13(9-11)20-8-7-19-12/h2-6,9H,7-8H2,1H3,(H,15,16). The molecule has 6 nitrogen and oxygen atoms in total. The van der Waals surface area contributed by atoms with E-state index in [2.05, 4.69) is 9.71 Å². The zero-order valence-corrected chi connectivity index (χ0v) is 12.2. The average Bonchev–Trinajstić information content (AvgIpc) is 2.49. The van der Waals surface area contributed by atoms with E-state index >= 15 is 0 Å². The summed E-state index contributed by atoms with van der Waals surface area (Å²) in [5.41, 5.74) is 0.749. The first-order valence-corrected chi connectivity index (χ1v) is 7.89. The third kappa shape index (κ3) is 2.78. The molecule has 0 amide bonds. The second-order valence-corrected chi connectivity index (χ2v) is 6.26. The van der Waals surface area contributed by atoms with Gasteiger partial charge in [0.1, 0.15) is 19.0 Å². The molecule has 2 aromatic rings. The van der Waals surface area contributed by atoms with Crippen molar-refractivity contribution in [2.75, 3.05) is 17.9 Å². The fourth-order valence-corrected chi connectivity index (χ4v) is 3.07. The van der Waals surface area contributed by atoms with Crippen LogP contribution in [-0.2, 0) is 10.0 Å². The van der Waals surface area contributed by atoms with Gasteiger partial charge in [-0.15, -0.1) is 0 Å². The van der Waals surface area contributed by atoms with Crippen molar-refractivity contribution < 1.29 is 17.9 Å². The lowest BCUT2D eigenvalue weighted by molar-refractivity contribution is 0.171. The van der Waals surface area contributed by atoms with Crippen LogP contribution in [0.2, 0.25) is 0 Å². The van der Waals surface area contributed by atoms with E-state index in [4.69, 9.17) is 9.47 Å². The third-order valence-electron chi connectivity index (χ3n) is 3.06. The Hall–Kier alpha value is -2.28.